The van der Waals surface area contributed by atoms with Crippen molar-refractivity contribution in [2.75, 3.05) is 0 Å². The maximum Gasteiger partial charge on any atom is 0.154 e. The van der Waals surface area contributed by atoms with E-state index in [9.17, 15) is 9.18 Å². The van der Waals surface area contributed by atoms with Gasteiger partial charge in [-0.3, -0.25) is 4.68 Å². The molecule has 0 amide bonds. The van der Waals surface area contributed by atoms with Crippen molar-refractivity contribution in [1.29, 1.82) is 0 Å². The molecule has 0 atom stereocenters. The van der Waals surface area contributed by atoms with Crippen molar-refractivity contribution < 1.29 is 9.18 Å². The molecule has 0 aliphatic heterocycles. The van der Waals surface area contributed by atoms with Gasteiger partial charge in [0.05, 0.1) is 5.69 Å². The Kier molecular flexibility index (Phi) is 2.33. The summed E-state index contributed by atoms with van der Waals surface area (Å²) in [5.74, 6) is 0. The zero-order chi connectivity index (χ0) is 14.0. The number of aromatic nitrogens is 2. The molecule has 4 heteroatoms. The summed E-state index contributed by atoms with van der Waals surface area (Å²) in [6.45, 7) is 0. The van der Waals surface area contributed by atoms with Crippen molar-refractivity contribution in [2.45, 2.75) is 62.5 Å². The normalized spacial score (nSPS) is 37.9. The molecule has 4 saturated carbocycles. The number of fused-ring (bicyclic) bond motifs is 3. The third kappa shape index (κ3) is 1.57. The molecule has 2 bridgehead atoms. The highest BCUT2D eigenvalue weighted by Gasteiger charge is 2.52. The van der Waals surface area contributed by atoms with Crippen molar-refractivity contribution in [1.82, 2.24) is 9.78 Å². The second kappa shape index (κ2) is 3.71. The Morgan fingerprint density at radius 2 is 1.75 bits per heavy atom. The molecule has 5 rings (SSSR count). The second-order valence-corrected chi connectivity index (χ2v) is 7.26. The van der Waals surface area contributed by atoms with Gasteiger partial charge >= 0.3 is 0 Å². The number of nitrogens with zero attached hydrogens (tertiary/aromatic N) is 2. The lowest BCUT2D eigenvalue weighted by atomic mass is 9.53. The minimum atomic E-state index is -1.15. The lowest BCUT2D eigenvalue weighted by molar-refractivity contribution is -0.122. The van der Waals surface area contributed by atoms with Crippen molar-refractivity contribution in [3.63, 3.8) is 0 Å². The van der Waals surface area contributed by atoms with Gasteiger partial charge in [0.25, 0.3) is 0 Å². The van der Waals surface area contributed by atoms with Gasteiger partial charge in [0, 0.05) is 23.6 Å². The van der Waals surface area contributed by atoms with Crippen LogP contribution in [0.15, 0.2) is 6.07 Å². The van der Waals surface area contributed by atoms with Crippen molar-refractivity contribution in [3.05, 3.63) is 17.5 Å². The number of alkyl halides is 1. The Labute approximate surface area is 118 Å². The number of hydrogen-bond acceptors (Lipinski definition) is 2. The van der Waals surface area contributed by atoms with Gasteiger partial charge in [-0.05, 0) is 57.4 Å². The fourth-order valence-electron chi connectivity index (χ4n) is 4.32. The molecule has 20 heavy (non-hydrogen) atoms. The number of halogens is 1. The van der Waals surface area contributed by atoms with Crippen LogP contribution in [0.25, 0.3) is 0 Å². The van der Waals surface area contributed by atoms with Crippen molar-refractivity contribution in [3.8, 4) is 0 Å². The molecule has 0 spiro atoms. The van der Waals surface area contributed by atoms with Gasteiger partial charge in [0.2, 0.25) is 0 Å². The van der Waals surface area contributed by atoms with Gasteiger partial charge in [-0.2, -0.15) is 5.10 Å². The predicted molar refractivity (Wildman–Crippen MR) is 73.1 cm³/mol. The molecule has 0 unspecified atom stereocenters. The number of hydrogen-bond donors (Lipinski definition) is 0. The first-order chi connectivity index (χ1) is 9.51. The molecular weight excluding hydrogens is 255 g/mol. The van der Waals surface area contributed by atoms with E-state index in [1.807, 2.05) is 17.8 Å². The predicted octanol–water partition coefficient (Wildman–Crippen LogP) is 3.17. The standard InChI is InChI=1S/C16H21FN2O/c1-19-13(10-12(18-19)16(17)8-9-16)15-5-2-14(11-20,3-6-15)4-7-15/h10-11H,2-9H2,1H3. The molecule has 0 saturated heterocycles. The number of carbonyl (C=O) groups is 1. The van der Waals surface area contributed by atoms with E-state index in [0.29, 0.717) is 18.5 Å². The Balaban J connectivity index is 1.68. The number of carbonyl (C=O) groups excluding carboxylic acids is 1. The van der Waals surface area contributed by atoms with Gasteiger partial charge < -0.3 is 4.79 Å². The number of aldehydes is 1. The van der Waals surface area contributed by atoms with Crippen LogP contribution in [0.4, 0.5) is 4.39 Å². The highest BCUT2D eigenvalue weighted by molar-refractivity contribution is 5.60. The molecule has 3 nitrogen and oxygen atoms in total. The van der Waals surface area contributed by atoms with Gasteiger partial charge in [-0.15, -0.1) is 0 Å². The Morgan fingerprint density at radius 3 is 2.25 bits per heavy atom. The van der Waals surface area contributed by atoms with Crippen LogP contribution in [-0.4, -0.2) is 16.1 Å². The highest BCUT2D eigenvalue weighted by atomic mass is 19.1. The molecule has 1 aromatic rings. The molecule has 4 fully saturated rings. The summed E-state index contributed by atoms with van der Waals surface area (Å²) < 4.78 is 16.1. The molecule has 108 valence electrons. The topological polar surface area (TPSA) is 34.9 Å². The van der Waals surface area contributed by atoms with Crippen LogP contribution in [0.3, 0.4) is 0 Å². The summed E-state index contributed by atoms with van der Waals surface area (Å²) in [6, 6.07) is 2.01. The van der Waals surface area contributed by atoms with E-state index in [1.165, 1.54) is 12.0 Å². The lowest BCUT2D eigenvalue weighted by Crippen LogP contribution is -2.45. The number of rotatable bonds is 3. The summed E-state index contributed by atoms with van der Waals surface area (Å²) in [7, 11) is 1.94. The molecule has 4 aliphatic rings. The largest absolute Gasteiger partial charge is 0.303 e. The van der Waals surface area contributed by atoms with Crippen LogP contribution < -0.4 is 0 Å². The molecule has 1 aromatic heterocycles. The highest BCUT2D eigenvalue weighted by Crippen LogP contribution is 2.57. The summed E-state index contributed by atoms with van der Waals surface area (Å²) in [5.41, 5.74) is 0.747. The molecule has 1 heterocycles. The fraction of sp³-hybridized carbons (Fsp3) is 0.750. The van der Waals surface area contributed by atoms with Gasteiger partial charge in [0.1, 0.15) is 6.29 Å². The van der Waals surface area contributed by atoms with Crippen LogP contribution in [0, 0.1) is 5.41 Å². The molecule has 0 N–H and O–H groups in total. The van der Waals surface area contributed by atoms with Crippen LogP contribution in [-0.2, 0) is 22.9 Å². The summed E-state index contributed by atoms with van der Waals surface area (Å²) in [6.07, 6.45) is 8.51. The van der Waals surface area contributed by atoms with Crippen molar-refractivity contribution >= 4 is 6.29 Å². The van der Waals surface area contributed by atoms with E-state index in [2.05, 4.69) is 5.10 Å². The van der Waals surface area contributed by atoms with Crippen LogP contribution in [0.5, 0.6) is 0 Å². The Morgan fingerprint density at radius 1 is 1.15 bits per heavy atom. The van der Waals surface area contributed by atoms with E-state index in [1.54, 1.807) is 0 Å². The third-order valence-corrected chi connectivity index (χ3v) is 6.13. The monoisotopic (exact) mass is 276 g/mol. The fourth-order valence-corrected chi connectivity index (χ4v) is 4.32. The Bertz CT molecular complexity index is 549. The van der Waals surface area contributed by atoms with E-state index in [-0.39, 0.29) is 10.8 Å². The van der Waals surface area contributed by atoms with E-state index in [4.69, 9.17) is 0 Å². The first-order valence-electron chi connectivity index (χ1n) is 7.71. The quantitative estimate of drug-likeness (QED) is 0.795. The average molecular weight is 276 g/mol. The van der Waals surface area contributed by atoms with Gasteiger partial charge in [-0.1, -0.05) is 0 Å². The summed E-state index contributed by atoms with van der Waals surface area (Å²) in [4.78, 5) is 11.3. The number of aryl methyl sites for hydroxylation is 1. The molecular formula is C16H21FN2O. The van der Waals surface area contributed by atoms with Gasteiger partial charge in [-0.25, -0.2) is 4.39 Å². The zero-order valence-electron chi connectivity index (χ0n) is 12.0. The SMILES string of the molecule is Cn1nc(C2(F)CC2)cc1C12CCC(C=O)(CC1)CC2. The first-order valence-corrected chi connectivity index (χ1v) is 7.71. The maximum absolute atomic E-state index is 14.2. The minimum absolute atomic E-state index is 0.0546. The van der Waals surface area contributed by atoms with E-state index in [0.717, 1.165) is 38.5 Å². The maximum atomic E-state index is 14.2. The van der Waals surface area contributed by atoms with Crippen LogP contribution in [0.2, 0.25) is 0 Å². The molecule has 0 radical (unpaired) electrons. The lowest BCUT2D eigenvalue weighted by Gasteiger charge is -2.51. The second-order valence-electron chi connectivity index (χ2n) is 7.26. The van der Waals surface area contributed by atoms with Crippen LogP contribution >= 0.6 is 0 Å². The summed E-state index contributed by atoms with van der Waals surface area (Å²) in [5, 5.41) is 4.44. The van der Waals surface area contributed by atoms with Gasteiger partial charge in [0.15, 0.2) is 5.67 Å². The van der Waals surface area contributed by atoms with Crippen molar-refractivity contribution in [2.24, 2.45) is 12.5 Å². The molecule has 0 aromatic carbocycles. The Hall–Kier alpha value is -1.19. The third-order valence-electron chi connectivity index (χ3n) is 6.13. The van der Waals surface area contributed by atoms with E-state index < -0.39 is 5.67 Å². The molecule has 4 aliphatic carbocycles. The summed E-state index contributed by atoms with van der Waals surface area (Å²) >= 11 is 0. The average Bonchev–Trinajstić information content (AvgIpc) is 3.10. The van der Waals surface area contributed by atoms with Crippen LogP contribution in [0.1, 0.15) is 62.8 Å². The zero-order valence-corrected chi connectivity index (χ0v) is 12.0. The smallest absolute Gasteiger partial charge is 0.154 e. The minimum Gasteiger partial charge on any atom is -0.303 e. The van der Waals surface area contributed by atoms with E-state index >= 15 is 0 Å². The first kappa shape index (κ1) is 12.5.